The smallest absolute Gasteiger partial charge is 0.246 e. The second-order valence-electron chi connectivity index (χ2n) is 6.84. The summed E-state index contributed by atoms with van der Waals surface area (Å²) in [7, 11) is -3.64. The number of sulfonamides is 1. The Morgan fingerprint density at radius 1 is 1.07 bits per heavy atom. The molecule has 0 aliphatic heterocycles. The van der Waals surface area contributed by atoms with E-state index in [-0.39, 0.29) is 6.54 Å². The Morgan fingerprint density at radius 2 is 1.72 bits per heavy atom. The lowest BCUT2D eigenvalue weighted by atomic mass is 10.0. The number of hydrogen-bond acceptors (Lipinski definition) is 6. The molecule has 0 radical (unpaired) electrons. The van der Waals surface area contributed by atoms with Gasteiger partial charge in [-0.05, 0) is 23.6 Å². The number of benzene rings is 2. The van der Waals surface area contributed by atoms with Crippen LogP contribution in [0.4, 0.5) is 10.8 Å². The van der Waals surface area contributed by atoms with E-state index in [0.29, 0.717) is 21.7 Å². The van der Waals surface area contributed by atoms with Crippen molar-refractivity contribution in [2.24, 2.45) is 0 Å². The molecule has 0 saturated heterocycles. The molecule has 7 nitrogen and oxygen atoms in total. The fourth-order valence-corrected chi connectivity index (χ4v) is 4.31. The van der Waals surface area contributed by atoms with Crippen molar-refractivity contribution in [1.82, 2.24) is 10.2 Å². The first kappa shape index (κ1) is 20.9. The van der Waals surface area contributed by atoms with E-state index in [9.17, 15) is 13.2 Å². The molecule has 0 atom stereocenters. The molecule has 2 aromatic carbocycles. The predicted octanol–water partition coefficient (Wildman–Crippen LogP) is 3.73. The number of anilines is 2. The Labute approximate surface area is 174 Å². The van der Waals surface area contributed by atoms with Crippen LogP contribution in [-0.2, 0) is 14.8 Å². The molecule has 0 aliphatic rings. The van der Waals surface area contributed by atoms with Gasteiger partial charge in [-0.15, -0.1) is 10.2 Å². The van der Waals surface area contributed by atoms with Crippen molar-refractivity contribution in [3.8, 4) is 10.6 Å². The molecule has 0 bridgehead atoms. The summed E-state index contributed by atoms with van der Waals surface area (Å²) in [6, 6.07) is 16.6. The van der Waals surface area contributed by atoms with Gasteiger partial charge >= 0.3 is 0 Å². The standard InChI is InChI=1S/C20H22N4O3S2/c1-14(2)15-9-11-17(12-10-15)24(29(3,26)27)13-18(25)21-20-23-22-19(28-20)16-7-5-4-6-8-16/h4-12,14H,13H2,1-3H3,(H,21,23,25). The Hall–Kier alpha value is -2.78. The molecule has 1 amide bonds. The summed E-state index contributed by atoms with van der Waals surface area (Å²) in [5.74, 6) is -0.158. The molecule has 0 aliphatic carbocycles. The number of hydrogen-bond donors (Lipinski definition) is 1. The molecule has 0 saturated carbocycles. The molecule has 0 spiro atoms. The lowest BCUT2D eigenvalue weighted by Crippen LogP contribution is -2.37. The topological polar surface area (TPSA) is 92.3 Å². The van der Waals surface area contributed by atoms with Gasteiger partial charge in [0.2, 0.25) is 21.1 Å². The molecule has 9 heteroatoms. The van der Waals surface area contributed by atoms with Gasteiger partial charge in [0.05, 0.1) is 11.9 Å². The van der Waals surface area contributed by atoms with Gasteiger partial charge in [0.1, 0.15) is 11.6 Å². The monoisotopic (exact) mass is 430 g/mol. The van der Waals surface area contributed by atoms with Crippen LogP contribution in [0.5, 0.6) is 0 Å². The molecule has 29 heavy (non-hydrogen) atoms. The summed E-state index contributed by atoms with van der Waals surface area (Å²) < 4.78 is 25.6. The maximum atomic E-state index is 12.5. The van der Waals surface area contributed by atoms with Crippen molar-refractivity contribution in [2.45, 2.75) is 19.8 Å². The Bertz CT molecular complexity index is 1080. The first-order valence-corrected chi connectivity index (χ1v) is 11.7. The molecule has 1 N–H and O–H groups in total. The molecule has 3 rings (SSSR count). The summed E-state index contributed by atoms with van der Waals surface area (Å²) in [6.07, 6.45) is 1.08. The van der Waals surface area contributed by atoms with Crippen molar-refractivity contribution in [3.05, 3.63) is 60.2 Å². The summed E-state index contributed by atoms with van der Waals surface area (Å²) in [5.41, 5.74) is 2.43. The average Bonchev–Trinajstić information content (AvgIpc) is 3.14. The lowest BCUT2D eigenvalue weighted by Gasteiger charge is -2.22. The molecule has 3 aromatic rings. The van der Waals surface area contributed by atoms with E-state index in [1.54, 1.807) is 12.1 Å². The molecule has 152 valence electrons. The zero-order valence-electron chi connectivity index (χ0n) is 16.4. The van der Waals surface area contributed by atoms with Crippen LogP contribution in [0.3, 0.4) is 0 Å². The Balaban J connectivity index is 1.73. The normalized spacial score (nSPS) is 11.4. The van der Waals surface area contributed by atoms with Gasteiger partial charge in [0.15, 0.2) is 0 Å². The maximum absolute atomic E-state index is 12.5. The zero-order valence-corrected chi connectivity index (χ0v) is 18.0. The molecular weight excluding hydrogens is 408 g/mol. The molecule has 0 unspecified atom stereocenters. The third kappa shape index (κ3) is 5.39. The average molecular weight is 431 g/mol. The minimum absolute atomic E-state index is 0.317. The molecule has 1 heterocycles. The number of rotatable bonds is 7. The quantitative estimate of drug-likeness (QED) is 0.616. The highest BCUT2D eigenvalue weighted by atomic mass is 32.2. The van der Waals surface area contributed by atoms with Crippen LogP contribution in [0.25, 0.3) is 10.6 Å². The largest absolute Gasteiger partial charge is 0.299 e. The van der Waals surface area contributed by atoms with Crippen molar-refractivity contribution >= 4 is 38.1 Å². The van der Waals surface area contributed by atoms with Gasteiger partial charge in [-0.25, -0.2) is 8.42 Å². The van der Waals surface area contributed by atoms with Gasteiger partial charge in [-0.2, -0.15) is 0 Å². The van der Waals surface area contributed by atoms with E-state index in [0.717, 1.165) is 21.7 Å². The van der Waals surface area contributed by atoms with Crippen molar-refractivity contribution < 1.29 is 13.2 Å². The van der Waals surface area contributed by atoms with E-state index in [4.69, 9.17) is 0 Å². The van der Waals surface area contributed by atoms with Crippen molar-refractivity contribution in [3.63, 3.8) is 0 Å². The highest BCUT2D eigenvalue weighted by Gasteiger charge is 2.22. The van der Waals surface area contributed by atoms with Gasteiger partial charge < -0.3 is 0 Å². The summed E-state index contributed by atoms with van der Waals surface area (Å²) in [4.78, 5) is 12.5. The number of carbonyl (C=O) groups excluding carboxylic acids is 1. The van der Waals surface area contributed by atoms with Crippen LogP contribution in [0.15, 0.2) is 54.6 Å². The highest BCUT2D eigenvalue weighted by Crippen LogP contribution is 2.26. The third-order valence-corrected chi connectivity index (χ3v) is 6.26. The van der Waals surface area contributed by atoms with Crippen LogP contribution in [0.1, 0.15) is 25.3 Å². The second-order valence-corrected chi connectivity index (χ2v) is 9.73. The van der Waals surface area contributed by atoms with Gasteiger partial charge in [-0.3, -0.25) is 14.4 Å². The highest BCUT2D eigenvalue weighted by molar-refractivity contribution is 7.92. The summed E-state index contributed by atoms with van der Waals surface area (Å²) >= 11 is 1.23. The van der Waals surface area contributed by atoms with Crippen LogP contribution in [0.2, 0.25) is 0 Å². The molecule has 0 fully saturated rings. The fourth-order valence-electron chi connectivity index (χ4n) is 2.69. The fraction of sp³-hybridized carbons (Fsp3) is 0.250. The van der Waals surface area contributed by atoms with Crippen LogP contribution >= 0.6 is 11.3 Å². The van der Waals surface area contributed by atoms with Crippen LogP contribution in [0, 0.1) is 0 Å². The van der Waals surface area contributed by atoms with Gasteiger partial charge in [-0.1, -0.05) is 67.6 Å². The number of carbonyl (C=O) groups is 1. The van der Waals surface area contributed by atoms with E-state index < -0.39 is 15.9 Å². The lowest BCUT2D eigenvalue weighted by molar-refractivity contribution is -0.114. The Morgan fingerprint density at radius 3 is 2.31 bits per heavy atom. The SMILES string of the molecule is CC(C)c1ccc(N(CC(=O)Nc2nnc(-c3ccccc3)s2)S(C)(=O)=O)cc1. The molecular formula is C20H22N4O3S2. The van der Waals surface area contributed by atoms with E-state index in [1.165, 1.54) is 11.3 Å². The number of amides is 1. The zero-order chi connectivity index (χ0) is 21.0. The summed E-state index contributed by atoms with van der Waals surface area (Å²) in [5, 5.41) is 11.7. The minimum Gasteiger partial charge on any atom is -0.299 e. The Kier molecular flexibility index (Phi) is 6.29. The first-order valence-electron chi connectivity index (χ1n) is 9.00. The van der Waals surface area contributed by atoms with Crippen LogP contribution in [-0.4, -0.2) is 37.3 Å². The second kappa shape index (κ2) is 8.71. The van der Waals surface area contributed by atoms with Crippen molar-refractivity contribution in [1.29, 1.82) is 0 Å². The number of nitrogens with zero attached hydrogens (tertiary/aromatic N) is 3. The molecule has 1 aromatic heterocycles. The van der Waals surface area contributed by atoms with E-state index in [1.807, 2.05) is 42.5 Å². The minimum atomic E-state index is -3.64. The number of aromatic nitrogens is 2. The number of nitrogens with one attached hydrogen (secondary N) is 1. The first-order chi connectivity index (χ1) is 13.7. The van der Waals surface area contributed by atoms with Gasteiger partial charge in [0, 0.05) is 5.56 Å². The van der Waals surface area contributed by atoms with Crippen molar-refractivity contribution in [2.75, 3.05) is 22.4 Å². The van der Waals surface area contributed by atoms with E-state index in [2.05, 4.69) is 29.4 Å². The van der Waals surface area contributed by atoms with E-state index >= 15 is 0 Å². The maximum Gasteiger partial charge on any atom is 0.246 e. The van der Waals surface area contributed by atoms with Crippen LogP contribution < -0.4 is 9.62 Å². The third-order valence-electron chi connectivity index (χ3n) is 4.23. The van der Waals surface area contributed by atoms with Gasteiger partial charge in [0.25, 0.3) is 0 Å². The summed E-state index contributed by atoms with van der Waals surface area (Å²) in [6.45, 7) is 3.77. The predicted molar refractivity (Wildman–Crippen MR) is 117 cm³/mol.